The van der Waals surface area contributed by atoms with Gasteiger partial charge in [-0.25, -0.2) is 14.0 Å². The second kappa shape index (κ2) is 12.0. The number of ether oxygens (including phenoxy) is 2. The number of nitrogens with zero attached hydrogens (tertiary/aromatic N) is 4. The number of imidazole rings is 1. The number of amides is 1. The van der Waals surface area contributed by atoms with Gasteiger partial charge in [-0.2, -0.15) is 0 Å². The highest BCUT2D eigenvalue weighted by Crippen LogP contribution is 2.45. The van der Waals surface area contributed by atoms with Crippen LogP contribution in [0.1, 0.15) is 41.0 Å². The lowest BCUT2D eigenvalue weighted by atomic mass is 9.95. The summed E-state index contributed by atoms with van der Waals surface area (Å²) in [4.78, 5) is 44.7. The van der Waals surface area contributed by atoms with Crippen molar-refractivity contribution in [1.29, 1.82) is 0 Å². The van der Waals surface area contributed by atoms with Gasteiger partial charge in [0.05, 0.1) is 28.7 Å². The number of nitrogens with one attached hydrogen (secondary N) is 1. The number of pyridine rings is 1. The van der Waals surface area contributed by atoms with E-state index in [1.54, 1.807) is 64.3 Å². The first-order chi connectivity index (χ1) is 21.1. The summed E-state index contributed by atoms with van der Waals surface area (Å²) < 4.78 is 30.0. The van der Waals surface area contributed by atoms with Crippen LogP contribution in [0.3, 0.4) is 0 Å². The molecule has 2 aromatic heterocycles. The number of aryl methyl sites for hydroxylation is 1. The first-order valence-electron chi connectivity index (χ1n) is 14.4. The average molecular weight is 636 g/mol. The van der Waals surface area contributed by atoms with Gasteiger partial charge >= 0.3 is 17.8 Å². The summed E-state index contributed by atoms with van der Waals surface area (Å²) in [5.74, 6) is -1.30. The van der Waals surface area contributed by atoms with Crippen LogP contribution in [0.4, 0.5) is 14.9 Å². The third kappa shape index (κ3) is 6.88. The Kier molecular flexibility index (Phi) is 8.50. The Morgan fingerprint density at radius 3 is 2.51 bits per heavy atom. The Labute approximate surface area is 265 Å². The van der Waals surface area contributed by atoms with Crippen molar-refractivity contribution in [1.82, 2.24) is 19.4 Å². The van der Waals surface area contributed by atoms with Crippen molar-refractivity contribution in [2.24, 2.45) is 7.05 Å². The minimum atomic E-state index is -0.718. The molecule has 4 aromatic rings. The Morgan fingerprint density at radius 2 is 1.87 bits per heavy atom. The Balaban J connectivity index is 1.65. The number of carbonyl (C=O) groups is 2. The molecule has 0 bridgehead atoms. The Hall–Kier alpha value is -4.64. The molecule has 236 valence electrons. The predicted molar refractivity (Wildman–Crippen MR) is 171 cm³/mol. The molecule has 12 heteroatoms. The highest BCUT2D eigenvalue weighted by atomic mass is 35.5. The molecule has 0 radical (unpaired) electrons. The molecule has 5 rings (SSSR count). The van der Waals surface area contributed by atoms with E-state index in [9.17, 15) is 14.4 Å². The molecule has 0 spiro atoms. The fourth-order valence-electron chi connectivity index (χ4n) is 5.45. The van der Waals surface area contributed by atoms with Crippen LogP contribution in [-0.2, 0) is 16.6 Å². The fraction of sp³-hybridized carbons (Fsp3) is 0.333. The van der Waals surface area contributed by atoms with Crippen molar-refractivity contribution in [2.75, 3.05) is 18.0 Å². The number of halogens is 2. The third-order valence-electron chi connectivity index (χ3n) is 7.43. The van der Waals surface area contributed by atoms with Gasteiger partial charge in [0.1, 0.15) is 17.2 Å². The molecule has 1 fully saturated rings. The fourth-order valence-corrected chi connectivity index (χ4v) is 5.64. The summed E-state index contributed by atoms with van der Waals surface area (Å²) in [6.07, 6.45) is 6.29. The van der Waals surface area contributed by atoms with Crippen molar-refractivity contribution in [2.45, 2.75) is 52.2 Å². The van der Waals surface area contributed by atoms with Gasteiger partial charge in [0.25, 0.3) is 0 Å². The molecule has 1 unspecified atom stereocenters. The zero-order valence-corrected chi connectivity index (χ0v) is 26.7. The van der Waals surface area contributed by atoms with Crippen LogP contribution in [0, 0.1) is 5.82 Å². The zero-order chi connectivity index (χ0) is 32.7. The Bertz CT molecular complexity index is 1850. The van der Waals surface area contributed by atoms with Crippen molar-refractivity contribution >= 4 is 29.4 Å². The minimum Gasteiger partial charge on any atom is -0.444 e. The molecule has 0 saturated carbocycles. The monoisotopic (exact) mass is 635 g/mol. The number of anilines is 1. The van der Waals surface area contributed by atoms with Crippen LogP contribution >= 0.6 is 11.6 Å². The number of carbonyl (C=O) groups excluding carboxylic acids is 2. The quantitative estimate of drug-likeness (QED) is 0.201. The average Bonchev–Trinajstić information content (AvgIpc) is 3.49. The number of hydrogen-bond acceptors (Lipinski definition) is 7. The second-order valence-electron chi connectivity index (χ2n) is 12.4. The molecule has 1 saturated heterocycles. The molecule has 10 nitrogen and oxygen atoms in total. The largest absolute Gasteiger partial charge is 0.444 e. The molecule has 0 aliphatic carbocycles. The number of alkyl carbamates (subject to hydrolysis) is 1. The molecule has 3 heterocycles. The van der Waals surface area contributed by atoms with Crippen LogP contribution < -0.4 is 20.6 Å². The number of rotatable bonds is 6. The summed E-state index contributed by atoms with van der Waals surface area (Å²) in [7, 11) is 1.56. The normalized spacial score (nSPS) is 16.5. The Morgan fingerprint density at radius 1 is 1.11 bits per heavy atom. The van der Waals surface area contributed by atoms with Crippen LogP contribution in [0.25, 0.3) is 27.9 Å². The summed E-state index contributed by atoms with van der Waals surface area (Å²) in [6.45, 7) is 9.65. The van der Waals surface area contributed by atoms with E-state index in [0.29, 0.717) is 41.3 Å². The summed E-state index contributed by atoms with van der Waals surface area (Å²) >= 11 is 6.28. The lowest BCUT2D eigenvalue weighted by molar-refractivity contribution is -0.131. The summed E-state index contributed by atoms with van der Waals surface area (Å²) in [6, 6.07) is 9.78. The smallest absolute Gasteiger partial charge is 0.408 e. The number of esters is 1. The summed E-state index contributed by atoms with van der Waals surface area (Å²) in [5.41, 5.74) is 0.240. The molecular formula is C33H35ClFN5O5. The second-order valence-corrected chi connectivity index (χ2v) is 12.9. The standard InChI is InChI=1S/C33H35ClFN5O5/c1-20(41)44-29-25(21-8-7-9-23(34)14-21)16-26(35)28(40-13-12-38(6)31(40)43)27(29)22-15-24(18-36-17-22)39-11-10-33(5,19-39)37-30(42)45-32(2,3)4/h7-9,12-18H,10-11,19H2,1-6H3,(H,37,42). The van der Waals surface area contributed by atoms with Gasteiger partial charge in [0.15, 0.2) is 0 Å². The van der Waals surface area contributed by atoms with E-state index in [-0.39, 0.29) is 22.6 Å². The van der Waals surface area contributed by atoms with Gasteiger partial charge in [0, 0.05) is 61.8 Å². The van der Waals surface area contributed by atoms with Gasteiger partial charge < -0.3 is 24.3 Å². The lowest BCUT2D eigenvalue weighted by Crippen LogP contribution is -2.49. The molecule has 1 aliphatic heterocycles. The van der Waals surface area contributed by atoms with Crippen LogP contribution in [0.5, 0.6) is 5.75 Å². The lowest BCUT2D eigenvalue weighted by Gasteiger charge is -2.29. The van der Waals surface area contributed by atoms with Crippen molar-refractivity contribution in [3.05, 3.63) is 82.5 Å². The zero-order valence-electron chi connectivity index (χ0n) is 26.0. The van der Waals surface area contributed by atoms with E-state index < -0.39 is 34.7 Å². The predicted octanol–water partition coefficient (Wildman–Crippen LogP) is 6.12. The van der Waals surface area contributed by atoms with Gasteiger partial charge in [-0.15, -0.1) is 0 Å². The van der Waals surface area contributed by atoms with Crippen molar-refractivity contribution in [3.8, 4) is 33.7 Å². The molecule has 2 aromatic carbocycles. The third-order valence-corrected chi connectivity index (χ3v) is 7.66. The molecule has 1 aliphatic rings. The van der Waals surface area contributed by atoms with Crippen LogP contribution in [0.15, 0.2) is 66.0 Å². The SMILES string of the molecule is CC(=O)Oc1c(-c2cccc(Cl)c2)cc(F)c(-n2ccn(C)c2=O)c1-c1cncc(N2CCC(C)(NC(=O)OC(C)(C)C)C2)c1. The van der Waals surface area contributed by atoms with Gasteiger partial charge in [-0.05, 0) is 63.9 Å². The minimum absolute atomic E-state index is 0.0497. The van der Waals surface area contributed by atoms with Crippen molar-refractivity contribution < 1.29 is 23.5 Å². The first-order valence-corrected chi connectivity index (χ1v) is 14.8. The maximum atomic E-state index is 16.3. The molecule has 1 atom stereocenters. The van der Waals surface area contributed by atoms with Gasteiger partial charge in [-0.1, -0.05) is 23.7 Å². The van der Waals surface area contributed by atoms with E-state index >= 15 is 4.39 Å². The molecule has 1 amide bonds. The molecule has 45 heavy (non-hydrogen) atoms. The van der Waals surface area contributed by atoms with Gasteiger partial charge in [0.2, 0.25) is 0 Å². The molecule has 1 N–H and O–H groups in total. The highest BCUT2D eigenvalue weighted by Gasteiger charge is 2.37. The van der Waals surface area contributed by atoms with E-state index in [2.05, 4.69) is 10.3 Å². The molecular weight excluding hydrogens is 601 g/mol. The summed E-state index contributed by atoms with van der Waals surface area (Å²) in [5, 5.41) is 3.39. The van der Waals surface area contributed by atoms with E-state index in [1.165, 1.54) is 40.7 Å². The first kappa shape index (κ1) is 31.8. The van der Waals surface area contributed by atoms with Crippen molar-refractivity contribution in [3.63, 3.8) is 0 Å². The topological polar surface area (TPSA) is 108 Å². The van der Waals surface area contributed by atoms with Crippen LogP contribution in [-0.4, -0.2) is 50.4 Å². The maximum absolute atomic E-state index is 16.3. The number of aromatic nitrogens is 3. The number of hydrogen-bond donors (Lipinski definition) is 1. The highest BCUT2D eigenvalue weighted by molar-refractivity contribution is 6.30. The van der Waals surface area contributed by atoms with Crippen LogP contribution in [0.2, 0.25) is 5.02 Å². The maximum Gasteiger partial charge on any atom is 0.408 e. The van der Waals surface area contributed by atoms with E-state index in [4.69, 9.17) is 21.1 Å². The number of benzene rings is 2. The van der Waals surface area contributed by atoms with Gasteiger partial charge in [-0.3, -0.25) is 14.3 Å². The van der Waals surface area contributed by atoms with E-state index in [1.807, 2.05) is 11.8 Å². The van der Waals surface area contributed by atoms with E-state index in [0.717, 1.165) is 0 Å².